The first-order valence-electron chi connectivity index (χ1n) is 11.1. The van der Waals surface area contributed by atoms with E-state index in [0.29, 0.717) is 13.1 Å². The number of aromatic nitrogens is 2. The van der Waals surface area contributed by atoms with Crippen molar-refractivity contribution in [3.63, 3.8) is 0 Å². The average molecular weight is 487 g/mol. The van der Waals surface area contributed by atoms with E-state index < -0.39 is 46.2 Å². The van der Waals surface area contributed by atoms with E-state index in [0.717, 1.165) is 7.11 Å². The van der Waals surface area contributed by atoms with E-state index in [1.807, 2.05) is 0 Å². The largest absolute Gasteiger partial charge is 0.464 e. The molecule has 35 heavy (non-hydrogen) atoms. The summed E-state index contributed by atoms with van der Waals surface area (Å²) in [5.41, 5.74) is -2.69. The Morgan fingerprint density at radius 2 is 1.77 bits per heavy atom. The Kier molecular flexibility index (Phi) is 7.30. The molecule has 0 radical (unpaired) electrons. The van der Waals surface area contributed by atoms with Crippen LogP contribution in [0.5, 0.6) is 5.75 Å². The molecule has 0 saturated carbocycles. The first-order valence-corrected chi connectivity index (χ1v) is 11.1. The van der Waals surface area contributed by atoms with Gasteiger partial charge in [0.15, 0.2) is 5.69 Å². The third-order valence-corrected chi connectivity index (χ3v) is 5.38. The van der Waals surface area contributed by atoms with Gasteiger partial charge in [0.2, 0.25) is 5.75 Å². The third kappa shape index (κ3) is 5.68. The number of piperazine rings is 1. The second kappa shape index (κ2) is 9.87. The van der Waals surface area contributed by atoms with Crippen LogP contribution in [0.15, 0.2) is 35.1 Å². The number of esters is 2. The lowest BCUT2D eigenvalue weighted by molar-refractivity contribution is 0.0121. The van der Waals surface area contributed by atoms with Crippen molar-refractivity contribution in [1.82, 2.24) is 19.8 Å². The highest BCUT2D eigenvalue weighted by Gasteiger charge is 2.40. The molecule has 0 bridgehead atoms. The normalized spacial score (nSPS) is 18.1. The smallest absolute Gasteiger partial charge is 0.410 e. The number of hydrogen-bond donors (Lipinski definition) is 1. The molecule has 1 aromatic carbocycles. The molecular formula is C24H30N4O7. The molecule has 1 amide bonds. The Morgan fingerprint density at radius 1 is 1.11 bits per heavy atom. The van der Waals surface area contributed by atoms with Crippen LogP contribution < -0.4 is 15.6 Å². The Balaban J connectivity index is 2.02. The zero-order valence-electron chi connectivity index (χ0n) is 20.7. The van der Waals surface area contributed by atoms with Crippen molar-refractivity contribution in [3.05, 3.63) is 57.8 Å². The number of hydrogen-bond acceptors (Lipinski definition) is 9. The van der Waals surface area contributed by atoms with Crippen LogP contribution in [-0.2, 0) is 22.1 Å². The van der Waals surface area contributed by atoms with E-state index in [1.54, 1.807) is 45.9 Å². The second-order valence-corrected chi connectivity index (χ2v) is 9.39. The van der Waals surface area contributed by atoms with Crippen molar-refractivity contribution in [2.75, 3.05) is 26.7 Å². The number of methoxy groups -OCH3 is 1. The van der Waals surface area contributed by atoms with Gasteiger partial charge in [-0.15, -0.1) is 0 Å². The van der Waals surface area contributed by atoms with Gasteiger partial charge in [0.05, 0.1) is 18.2 Å². The van der Waals surface area contributed by atoms with E-state index in [4.69, 9.17) is 14.2 Å². The Hall–Kier alpha value is -3.73. The third-order valence-electron chi connectivity index (χ3n) is 5.38. The number of benzene rings is 1. The summed E-state index contributed by atoms with van der Waals surface area (Å²) < 4.78 is 16.8. The van der Waals surface area contributed by atoms with Crippen molar-refractivity contribution in [3.8, 4) is 5.75 Å². The highest BCUT2D eigenvalue weighted by atomic mass is 16.6. The molecule has 2 heterocycles. The van der Waals surface area contributed by atoms with E-state index in [-0.39, 0.29) is 17.9 Å². The van der Waals surface area contributed by atoms with Gasteiger partial charge in [-0.05, 0) is 39.8 Å². The molecule has 1 atom stereocenters. The molecule has 1 aliphatic rings. The molecule has 1 unspecified atom stereocenters. The van der Waals surface area contributed by atoms with Gasteiger partial charge < -0.3 is 24.4 Å². The van der Waals surface area contributed by atoms with Crippen LogP contribution in [0.4, 0.5) is 4.79 Å². The minimum Gasteiger partial charge on any atom is -0.464 e. The number of ether oxygens (including phenoxy) is 3. The minimum atomic E-state index is -1.02. The molecule has 3 rings (SSSR count). The van der Waals surface area contributed by atoms with Crippen LogP contribution in [0.1, 0.15) is 54.4 Å². The van der Waals surface area contributed by atoms with Crippen LogP contribution in [0.2, 0.25) is 0 Å². The Morgan fingerprint density at radius 3 is 2.37 bits per heavy atom. The summed E-state index contributed by atoms with van der Waals surface area (Å²) in [6.45, 7) is 7.97. The van der Waals surface area contributed by atoms with Gasteiger partial charge in [-0.1, -0.05) is 18.2 Å². The Bertz CT molecular complexity index is 1190. The zero-order valence-corrected chi connectivity index (χ0v) is 20.7. The molecule has 1 fully saturated rings. The molecule has 1 N–H and O–H groups in total. The lowest BCUT2D eigenvalue weighted by Gasteiger charge is -2.41. The van der Waals surface area contributed by atoms with E-state index in [2.05, 4.69) is 10.3 Å². The minimum absolute atomic E-state index is 0.117. The molecule has 2 aromatic rings. The molecule has 11 heteroatoms. The highest BCUT2D eigenvalue weighted by Crippen LogP contribution is 2.26. The van der Waals surface area contributed by atoms with Gasteiger partial charge in [0.1, 0.15) is 11.4 Å². The quantitative estimate of drug-likeness (QED) is 0.644. The molecule has 0 aliphatic carbocycles. The number of nitrogens with one attached hydrogen (secondary N) is 1. The van der Waals surface area contributed by atoms with E-state index >= 15 is 0 Å². The zero-order chi connectivity index (χ0) is 26.0. The lowest BCUT2D eigenvalue weighted by atomic mass is 9.97. The van der Waals surface area contributed by atoms with Crippen LogP contribution in [-0.4, -0.2) is 64.8 Å². The molecule has 1 aliphatic heterocycles. The summed E-state index contributed by atoms with van der Waals surface area (Å²) in [5.74, 6) is -2.14. The number of rotatable bonds is 4. The average Bonchev–Trinajstić information content (AvgIpc) is 2.81. The molecular weight excluding hydrogens is 456 g/mol. The number of nitrogens with zero attached hydrogens (tertiary/aromatic N) is 3. The standard InChI is InChI=1S/C24H30N4O7/c1-23(2,3)35-22(32)28-13-12-25-24(4,14-28)21-26-16(20(31)33-6)17(18(29)27(21)5)34-19(30)15-10-8-7-9-11-15/h7-11,25H,12-14H2,1-6H3. The predicted molar refractivity (Wildman–Crippen MR) is 125 cm³/mol. The fraction of sp³-hybridized carbons (Fsp3) is 0.458. The van der Waals surface area contributed by atoms with Crippen LogP contribution in [0.25, 0.3) is 0 Å². The fourth-order valence-electron chi connectivity index (χ4n) is 3.74. The molecule has 188 valence electrons. The van der Waals surface area contributed by atoms with E-state index in [1.165, 1.54) is 28.6 Å². The maximum absolute atomic E-state index is 13.3. The van der Waals surface area contributed by atoms with E-state index in [9.17, 15) is 19.2 Å². The second-order valence-electron chi connectivity index (χ2n) is 9.39. The molecule has 1 aromatic heterocycles. The van der Waals surface area contributed by atoms with Gasteiger partial charge in [-0.2, -0.15) is 0 Å². The van der Waals surface area contributed by atoms with Crippen LogP contribution >= 0.6 is 0 Å². The van der Waals surface area contributed by atoms with Gasteiger partial charge >= 0.3 is 18.0 Å². The maximum Gasteiger partial charge on any atom is 0.410 e. The van der Waals surface area contributed by atoms with Gasteiger partial charge in [0.25, 0.3) is 5.56 Å². The Labute approximate surface area is 203 Å². The summed E-state index contributed by atoms with van der Waals surface area (Å²) in [6, 6.07) is 8.05. The predicted octanol–water partition coefficient (Wildman–Crippen LogP) is 1.84. The van der Waals surface area contributed by atoms with Crippen molar-refractivity contribution in [2.24, 2.45) is 7.05 Å². The van der Waals surface area contributed by atoms with Gasteiger partial charge in [-0.3, -0.25) is 9.36 Å². The SMILES string of the molecule is COC(=O)c1nc(C2(C)CN(C(=O)OC(C)(C)C)CCN2)n(C)c(=O)c1OC(=O)c1ccccc1. The van der Waals surface area contributed by atoms with Gasteiger partial charge in [0, 0.05) is 26.7 Å². The lowest BCUT2D eigenvalue weighted by Crippen LogP contribution is -2.60. The number of amides is 1. The van der Waals surface area contributed by atoms with Crippen LogP contribution in [0.3, 0.4) is 0 Å². The molecule has 0 spiro atoms. The maximum atomic E-state index is 13.3. The topological polar surface area (TPSA) is 129 Å². The summed E-state index contributed by atoms with van der Waals surface area (Å²) in [6.07, 6.45) is -0.503. The first kappa shape index (κ1) is 25.9. The first-order chi connectivity index (χ1) is 16.4. The number of carbonyl (C=O) groups excluding carboxylic acids is 3. The van der Waals surface area contributed by atoms with Crippen molar-refractivity contribution < 1.29 is 28.6 Å². The monoisotopic (exact) mass is 486 g/mol. The van der Waals surface area contributed by atoms with Crippen molar-refractivity contribution in [2.45, 2.75) is 38.8 Å². The summed E-state index contributed by atoms with van der Waals surface area (Å²) >= 11 is 0. The van der Waals surface area contributed by atoms with Crippen LogP contribution in [0, 0.1) is 0 Å². The highest BCUT2D eigenvalue weighted by molar-refractivity contribution is 5.94. The summed E-state index contributed by atoms with van der Waals surface area (Å²) in [4.78, 5) is 57.0. The number of carbonyl (C=O) groups is 3. The van der Waals surface area contributed by atoms with Crippen molar-refractivity contribution in [1.29, 1.82) is 0 Å². The summed E-state index contributed by atoms with van der Waals surface area (Å²) in [7, 11) is 2.58. The fourth-order valence-corrected chi connectivity index (χ4v) is 3.74. The van der Waals surface area contributed by atoms with Crippen molar-refractivity contribution >= 4 is 18.0 Å². The molecule has 1 saturated heterocycles. The summed E-state index contributed by atoms with van der Waals surface area (Å²) in [5, 5.41) is 3.27. The van der Waals surface area contributed by atoms with Gasteiger partial charge in [-0.25, -0.2) is 19.4 Å². The molecule has 11 nitrogen and oxygen atoms in total.